The van der Waals surface area contributed by atoms with E-state index in [-0.39, 0.29) is 6.61 Å². The van der Waals surface area contributed by atoms with Crippen LogP contribution in [0.1, 0.15) is 35.7 Å². The van der Waals surface area contributed by atoms with Crippen LogP contribution in [0, 0.1) is 13.8 Å². The molecule has 0 saturated carbocycles. The van der Waals surface area contributed by atoms with Crippen LogP contribution in [0.25, 0.3) is 5.69 Å². The number of benzene rings is 3. The second-order valence-corrected chi connectivity index (χ2v) is 9.42. The maximum absolute atomic E-state index is 10.8. The van der Waals surface area contributed by atoms with Crippen molar-refractivity contribution < 1.29 is 14.6 Å². The Morgan fingerprint density at radius 3 is 2.38 bits per heavy atom. The van der Waals surface area contributed by atoms with Gasteiger partial charge >= 0.3 is 0 Å². The molecule has 6 nitrogen and oxygen atoms in total. The van der Waals surface area contributed by atoms with Gasteiger partial charge in [-0.15, -0.1) is 0 Å². The molecule has 6 heteroatoms. The van der Waals surface area contributed by atoms with Gasteiger partial charge in [-0.25, -0.2) is 4.68 Å². The average molecular weight is 500 g/mol. The molecule has 0 spiro atoms. The SMILES string of the molecule is CCCN(Cc1c(C)nn(-c2ccccc2)c1Oc1cccc(C)c1)C[C@@H](O)COCc1ccccc1. The van der Waals surface area contributed by atoms with Crippen molar-refractivity contribution in [2.45, 2.75) is 46.4 Å². The largest absolute Gasteiger partial charge is 0.439 e. The molecule has 0 aliphatic heterocycles. The highest BCUT2D eigenvalue weighted by atomic mass is 16.5. The summed E-state index contributed by atoms with van der Waals surface area (Å²) in [5.41, 5.74) is 5.09. The summed E-state index contributed by atoms with van der Waals surface area (Å²) in [7, 11) is 0. The van der Waals surface area contributed by atoms with E-state index >= 15 is 0 Å². The second kappa shape index (κ2) is 13.2. The first-order valence-electron chi connectivity index (χ1n) is 12.9. The molecule has 0 aliphatic rings. The van der Waals surface area contributed by atoms with E-state index in [4.69, 9.17) is 14.6 Å². The van der Waals surface area contributed by atoms with Crippen LogP contribution in [-0.4, -0.2) is 45.6 Å². The van der Waals surface area contributed by atoms with Gasteiger partial charge in [0, 0.05) is 13.1 Å². The summed E-state index contributed by atoms with van der Waals surface area (Å²) in [5, 5.41) is 15.6. The van der Waals surface area contributed by atoms with Crippen LogP contribution in [0.5, 0.6) is 11.6 Å². The lowest BCUT2D eigenvalue weighted by Crippen LogP contribution is -2.35. The van der Waals surface area contributed by atoms with E-state index in [1.807, 2.05) is 90.5 Å². The van der Waals surface area contributed by atoms with E-state index in [1.54, 1.807) is 0 Å². The number of aryl methyl sites for hydroxylation is 2. The summed E-state index contributed by atoms with van der Waals surface area (Å²) in [5.74, 6) is 1.47. The summed E-state index contributed by atoms with van der Waals surface area (Å²) < 4.78 is 14.1. The molecule has 1 N–H and O–H groups in total. The van der Waals surface area contributed by atoms with Crippen LogP contribution in [0.4, 0.5) is 0 Å². The first-order chi connectivity index (χ1) is 18.0. The maximum atomic E-state index is 10.8. The van der Waals surface area contributed by atoms with Crippen molar-refractivity contribution in [3.8, 4) is 17.3 Å². The number of rotatable bonds is 13. The van der Waals surface area contributed by atoms with Gasteiger partial charge in [0.05, 0.1) is 36.3 Å². The Hall–Kier alpha value is -3.45. The predicted octanol–water partition coefficient (Wildman–Crippen LogP) is 6.07. The third kappa shape index (κ3) is 7.52. The van der Waals surface area contributed by atoms with Gasteiger partial charge in [-0.05, 0) is 62.2 Å². The zero-order valence-corrected chi connectivity index (χ0v) is 22.0. The number of hydrogen-bond acceptors (Lipinski definition) is 5. The van der Waals surface area contributed by atoms with Gasteiger partial charge in [0.15, 0.2) is 0 Å². The Morgan fingerprint density at radius 1 is 0.946 bits per heavy atom. The average Bonchev–Trinajstić information content (AvgIpc) is 3.20. The third-order valence-electron chi connectivity index (χ3n) is 6.15. The van der Waals surface area contributed by atoms with Gasteiger partial charge in [-0.2, -0.15) is 5.10 Å². The van der Waals surface area contributed by atoms with E-state index in [1.165, 1.54) is 0 Å². The molecule has 0 radical (unpaired) electrons. The lowest BCUT2D eigenvalue weighted by Gasteiger charge is -2.25. The van der Waals surface area contributed by atoms with Crippen LogP contribution in [-0.2, 0) is 17.9 Å². The molecule has 194 valence electrons. The van der Waals surface area contributed by atoms with Crippen LogP contribution < -0.4 is 4.74 Å². The quantitative estimate of drug-likeness (QED) is 0.242. The van der Waals surface area contributed by atoms with E-state index in [2.05, 4.69) is 24.8 Å². The Labute approximate surface area is 220 Å². The summed E-state index contributed by atoms with van der Waals surface area (Å²) >= 11 is 0. The fraction of sp³-hybridized carbons (Fsp3) is 0.323. The van der Waals surface area contributed by atoms with Crippen molar-refractivity contribution in [2.24, 2.45) is 0 Å². The van der Waals surface area contributed by atoms with Gasteiger partial charge < -0.3 is 14.6 Å². The second-order valence-electron chi connectivity index (χ2n) is 9.42. The van der Waals surface area contributed by atoms with E-state index in [0.29, 0.717) is 25.6 Å². The molecule has 0 unspecified atom stereocenters. The number of aromatic nitrogens is 2. The summed E-state index contributed by atoms with van der Waals surface area (Å²) in [6.07, 6.45) is 0.373. The van der Waals surface area contributed by atoms with Gasteiger partial charge in [0.1, 0.15) is 5.75 Å². The molecule has 1 heterocycles. The molecule has 3 aromatic carbocycles. The first kappa shape index (κ1) is 26.6. The first-order valence-corrected chi connectivity index (χ1v) is 12.9. The predicted molar refractivity (Wildman–Crippen MR) is 147 cm³/mol. The standard InChI is InChI=1S/C31H37N3O3/c1-4-18-33(20-28(35)23-36-22-26-13-7-5-8-14-26)21-30-25(3)32-34(27-15-9-6-10-16-27)31(30)37-29-17-11-12-24(2)19-29/h5-17,19,28,35H,4,18,20-23H2,1-3H3/t28-/m1/s1. The maximum Gasteiger partial charge on any atom is 0.227 e. The minimum absolute atomic E-state index is 0.282. The Kier molecular flexibility index (Phi) is 9.49. The monoisotopic (exact) mass is 499 g/mol. The van der Waals surface area contributed by atoms with Crippen LogP contribution in [0.2, 0.25) is 0 Å². The fourth-order valence-corrected chi connectivity index (χ4v) is 4.37. The third-order valence-corrected chi connectivity index (χ3v) is 6.15. The zero-order chi connectivity index (χ0) is 26.0. The smallest absolute Gasteiger partial charge is 0.227 e. The Balaban J connectivity index is 1.52. The van der Waals surface area contributed by atoms with Crippen molar-refractivity contribution in [2.75, 3.05) is 19.7 Å². The molecule has 0 bridgehead atoms. The highest BCUT2D eigenvalue weighted by Crippen LogP contribution is 2.32. The van der Waals surface area contributed by atoms with E-state index < -0.39 is 6.10 Å². The van der Waals surface area contributed by atoms with Gasteiger partial charge in [-0.1, -0.05) is 67.6 Å². The lowest BCUT2D eigenvalue weighted by molar-refractivity contribution is 0.00845. The molecule has 0 fully saturated rings. The molecule has 1 atom stereocenters. The molecular weight excluding hydrogens is 462 g/mol. The van der Waals surface area contributed by atoms with Crippen molar-refractivity contribution in [3.63, 3.8) is 0 Å². The Bertz CT molecular complexity index is 1240. The molecule has 4 rings (SSSR count). The number of ether oxygens (including phenoxy) is 2. The number of hydrogen-bond donors (Lipinski definition) is 1. The zero-order valence-electron chi connectivity index (χ0n) is 22.0. The fourth-order valence-electron chi connectivity index (χ4n) is 4.37. The van der Waals surface area contributed by atoms with Gasteiger partial charge in [0.25, 0.3) is 0 Å². The molecule has 0 saturated heterocycles. The molecule has 0 aliphatic carbocycles. The normalized spacial score (nSPS) is 12.1. The van der Waals surface area contributed by atoms with Crippen LogP contribution in [0.15, 0.2) is 84.9 Å². The van der Waals surface area contributed by atoms with E-state index in [9.17, 15) is 5.11 Å². The van der Waals surface area contributed by atoms with Crippen LogP contribution >= 0.6 is 0 Å². The highest BCUT2D eigenvalue weighted by molar-refractivity contribution is 5.43. The molecule has 4 aromatic rings. The van der Waals surface area contributed by atoms with Crippen molar-refractivity contribution in [1.29, 1.82) is 0 Å². The minimum Gasteiger partial charge on any atom is -0.439 e. The van der Waals surface area contributed by atoms with Gasteiger partial charge in [-0.3, -0.25) is 4.90 Å². The number of para-hydroxylation sites is 1. The molecule has 0 amide bonds. The summed E-state index contributed by atoms with van der Waals surface area (Å²) in [6, 6.07) is 28.1. The number of aliphatic hydroxyl groups is 1. The number of aliphatic hydroxyl groups excluding tert-OH is 1. The van der Waals surface area contributed by atoms with Gasteiger partial charge in [0.2, 0.25) is 5.88 Å². The molecule has 1 aromatic heterocycles. The van der Waals surface area contributed by atoms with E-state index in [0.717, 1.165) is 46.8 Å². The van der Waals surface area contributed by atoms with Crippen molar-refractivity contribution in [1.82, 2.24) is 14.7 Å². The topological polar surface area (TPSA) is 59.8 Å². The lowest BCUT2D eigenvalue weighted by atomic mass is 10.2. The highest BCUT2D eigenvalue weighted by Gasteiger charge is 2.22. The molecular formula is C31H37N3O3. The number of nitrogens with zero attached hydrogens (tertiary/aromatic N) is 3. The summed E-state index contributed by atoms with van der Waals surface area (Å²) in [4.78, 5) is 2.25. The summed E-state index contributed by atoms with van der Waals surface area (Å²) in [6.45, 7) is 8.95. The minimum atomic E-state index is -0.596. The molecule has 37 heavy (non-hydrogen) atoms. The van der Waals surface area contributed by atoms with Crippen LogP contribution in [0.3, 0.4) is 0 Å². The van der Waals surface area contributed by atoms with Crippen molar-refractivity contribution >= 4 is 0 Å². The van der Waals surface area contributed by atoms with Crippen molar-refractivity contribution in [3.05, 3.63) is 107 Å². The Morgan fingerprint density at radius 2 is 1.68 bits per heavy atom.